The van der Waals surface area contributed by atoms with E-state index >= 15 is 0 Å². The topological polar surface area (TPSA) is 119 Å². The van der Waals surface area contributed by atoms with E-state index in [4.69, 9.17) is 9.83 Å². The second-order valence-corrected chi connectivity index (χ2v) is 6.58. The Kier molecular flexibility index (Phi) is 3.89. The van der Waals surface area contributed by atoms with Gasteiger partial charge in [-0.1, -0.05) is 0 Å². The van der Waals surface area contributed by atoms with Crippen molar-refractivity contribution in [3.63, 3.8) is 0 Å². The van der Waals surface area contributed by atoms with Gasteiger partial charge in [0.1, 0.15) is 17.6 Å². The maximum atomic E-state index is 12.8. The van der Waals surface area contributed by atoms with Gasteiger partial charge in [0.15, 0.2) is 11.3 Å². The highest BCUT2D eigenvalue weighted by Crippen LogP contribution is 2.35. The summed E-state index contributed by atoms with van der Waals surface area (Å²) in [5.41, 5.74) is -0.981. The molecule has 0 saturated carbocycles. The Morgan fingerprint density at radius 1 is 1.29 bits per heavy atom. The number of hydrogen-bond donors (Lipinski definition) is 2. The minimum atomic E-state index is -4.75. The number of benzene rings is 1. The molecule has 1 aromatic heterocycles. The van der Waals surface area contributed by atoms with Crippen LogP contribution in [0.5, 0.6) is 5.75 Å². The Hall–Kier alpha value is -3.41. The summed E-state index contributed by atoms with van der Waals surface area (Å²) in [5.74, 6) is -1.74. The maximum Gasteiger partial charge on any atom is 0.441 e. The number of rotatable bonds is 1. The first-order valence-electron chi connectivity index (χ1n) is 7.47. The molecule has 0 fully saturated rings. The summed E-state index contributed by atoms with van der Waals surface area (Å²) in [6.07, 6.45) is -2.72. The zero-order valence-corrected chi connectivity index (χ0v) is 14.3. The molecule has 3 heterocycles. The fourth-order valence-corrected chi connectivity index (χ4v) is 3.25. The van der Waals surface area contributed by atoms with Crippen LogP contribution >= 0.6 is 11.8 Å². The van der Waals surface area contributed by atoms with E-state index in [2.05, 4.69) is 10.1 Å². The molecule has 0 atom stereocenters. The van der Waals surface area contributed by atoms with Crippen molar-refractivity contribution in [3.05, 3.63) is 45.8 Å². The number of phenolic OH excluding ortho intramolecular Hbond substituents is 1. The Balaban J connectivity index is 1.78. The van der Waals surface area contributed by atoms with Crippen LogP contribution in [-0.4, -0.2) is 38.2 Å². The molecule has 0 spiro atoms. The number of alkyl halides is 3. The Bertz CT molecular complexity index is 1210. The van der Waals surface area contributed by atoms with Crippen LogP contribution in [0.25, 0.3) is 17.0 Å². The number of aliphatic imine (C=N–C) groups is 1. The zero-order valence-electron chi connectivity index (χ0n) is 13.4. The SMILES string of the molecule is N=C1C(=Cc2coc3cc(O)ccc3c2=O)C(=O)N=C2SC(C(F)(F)F)=NN12. The van der Waals surface area contributed by atoms with Crippen molar-refractivity contribution in [2.75, 3.05) is 0 Å². The lowest BCUT2D eigenvalue weighted by atomic mass is 10.1. The number of hydrazone groups is 1. The smallest absolute Gasteiger partial charge is 0.441 e. The van der Waals surface area contributed by atoms with E-state index in [0.29, 0.717) is 5.01 Å². The van der Waals surface area contributed by atoms with E-state index in [-0.39, 0.29) is 39.2 Å². The molecule has 2 N–H and O–H groups in total. The van der Waals surface area contributed by atoms with Crippen molar-refractivity contribution in [2.45, 2.75) is 6.18 Å². The number of carbonyl (C=O) groups is 1. The number of thioether (sulfide) groups is 1. The van der Waals surface area contributed by atoms with Gasteiger partial charge in [0.2, 0.25) is 10.2 Å². The normalized spacial score (nSPS) is 18.5. The second-order valence-electron chi connectivity index (χ2n) is 5.62. The van der Waals surface area contributed by atoms with E-state index in [1.807, 2.05) is 0 Å². The van der Waals surface area contributed by atoms with Gasteiger partial charge in [-0.15, -0.1) is 0 Å². The lowest BCUT2D eigenvalue weighted by Gasteiger charge is -2.20. The number of amides is 1. The molecule has 8 nitrogen and oxygen atoms in total. The zero-order chi connectivity index (χ0) is 20.2. The van der Waals surface area contributed by atoms with E-state index in [0.717, 1.165) is 12.3 Å². The van der Waals surface area contributed by atoms with Crippen LogP contribution in [0.3, 0.4) is 0 Å². The van der Waals surface area contributed by atoms with Crippen molar-refractivity contribution in [1.82, 2.24) is 5.01 Å². The van der Waals surface area contributed by atoms with Gasteiger partial charge >= 0.3 is 6.18 Å². The van der Waals surface area contributed by atoms with Crippen molar-refractivity contribution < 1.29 is 27.5 Å². The quantitative estimate of drug-likeness (QED) is 0.701. The number of halogens is 3. The van der Waals surface area contributed by atoms with Crippen molar-refractivity contribution in [2.24, 2.45) is 10.1 Å². The van der Waals surface area contributed by atoms with Crippen LogP contribution in [0.4, 0.5) is 13.2 Å². The molecule has 12 heteroatoms. The number of phenols is 1. The summed E-state index contributed by atoms with van der Waals surface area (Å²) >= 11 is 0.132. The van der Waals surface area contributed by atoms with Gasteiger partial charge in [0.05, 0.1) is 16.5 Å². The summed E-state index contributed by atoms with van der Waals surface area (Å²) in [5, 5.41) is 19.8. The number of fused-ring (bicyclic) bond motifs is 2. The van der Waals surface area contributed by atoms with Gasteiger partial charge in [-0.05, 0) is 30.0 Å². The van der Waals surface area contributed by atoms with Crippen molar-refractivity contribution >= 4 is 50.8 Å². The minimum absolute atomic E-state index is 0.105. The number of amidine groups is 2. The standard InChI is InChI=1S/C16H7F3N4O4S/c17-16(18,19)14-22-23-12(20)9(13(26)21-15(23)28-14)3-6-5-27-10-4-7(24)1-2-8(10)11(6)25/h1-5,20,24H. The van der Waals surface area contributed by atoms with Crippen LogP contribution < -0.4 is 5.43 Å². The largest absolute Gasteiger partial charge is 0.508 e. The first kappa shape index (κ1) is 18.0. The van der Waals surface area contributed by atoms with E-state index in [1.54, 1.807) is 0 Å². The summed E-state index contributed by atoms with van der Waals surface area (Å²) in [6, 6.07) is 3.82. The average Bonchev–Trinajstić information content (AvgIpc) is 3.05. The fourth-order valence-electron chi connectivity index (χ4n) is 2.49. The van der Waals surface area contributed by atoms with Crippen molar-refractivity contribution in [3.8, 4) is 5.75 Å². The highest BCUT2D eigenvalue weighted by Gasteiger charge is 2.46. The van der Waals surface area contributed by atoms with E-state index < -0.39 is 34.0 Å². The first-order valence-corrected chi connectivity index (χ1v) is 8.29. The minimum Gasteiger partial charge on any atom is -0.508 e. The van der Waals surface area contributed by atoms with Gasteiger partial charge in [-0.2, -0.15) is 28.3 Å². The van der Waals surface area contributed by atoms with Gasteiger partial charge < -0.3 is 9.52 Å². The molecule has 0 bridgehead atoms. The molecular formula is C16H7F3N4O4S. The molecular weight excluding hydrogens is 401 g/mol. The molecule has 0 aliphatic carbocycles. The number of aromatic hydroxyl groups is 1. The fraction of sp³-hybridized carbons (Fsp3) is 0.0625. The van der Waals surface area contributed by atoms with Crippen LogP contribution in [0.2, 0.25) is 0 Å². The van der Waals surface area contributed by atoms with Gasteiger partial charge in [-0.3, -0.25) is 15.0 Å². The third kappa shape index (κ3) is 2.87. The van der Waals surface area contributed by atoms with Gasteiger partial charge in [0.25, 0.3) is 5.91 Å². The number of carbonyl (C=O) groups excluding carboxylic acids is 1. The third-order valence-corrected chi connectivity index (χ3v) is 4.73. The predicted octanol–water partition coefficient (Wildman–Crippen LogP) is 2.68. The molecule has 142 valence electrons. The average molecular weight is 408 g/mol. The first-order chi connectivity index (χ1) is 13.1. The van der Waals surface area contributed by atoms with Gasteiger partial charge in [0, 0.05) is 6.07 Å². The molecule has 28 heavy (non-hydrogen) atoms. The molecule has 1 amide bonds. The molecule has 2 aliphatic rings. The number of nitrogens with zero attached hydrogens (tertiary/aromatic N) is 3. The monoisotopic (exact) mass is 408 g/mol. The molecule has 0 radical (unpaired) electrons. The van der Waals surface area contributed by atoms with E-state index in [9.17, 15) is 27.9 Å². The van der Waals surface area contributed by atoms with Crippen LogP contribution in [-0.2, 0) is 4.79 Å². The Morgan fingerprint density at radius 2 is 2.04 bits per heavy atom. The summed E-state index contributed by atoms with van der Waals surface area (Å²) in [4.78, 5) is 28.3. The third-order valence-electron chi connectivity index (χ3n) is 3.78. The molecule has 2 aliphatic heterocycles. The summed E-state index contributed by atoms with van der Waals surface area (Å²) in [7, 11) is 0. The molecule has 1 aromatic carbocycles. The van der Waals surface area contributed by atoms with Gasteiger partial charge in [-0.25, -0.2) is 0 Å². The van der Waals surface area contributed by atoms with E-state index in [1.165, 1.54) is 18.2 Å². The maximum absolute atomic E-state index is 12.8. The van der Waals surface area contributed by atoms with Crippen LogP contribution in [0.15, 0.2) is 49.3 Å². The highest BCUT2D eigenvalue weighted by molar-refractivity contribution is 8.27. The van der Waals surface area contributed by atoms with Crippen molar-refractivity contribution in [1.29, 1.82) is 5.41 Å². The number of nitrogens with one attached hydrogen (secondary N) is 1. The number of hydrogen-bond acceptors (Lipinski definition) is 7. The highest BCUT2D eigenvalue weighted by atomic mass is 32.2. The molecule has 2 aromatic rings. The van der Waals surface area contributed by atoms with Crippen LogP contribution in [0, 0.1) is 5.41 Å². The van der Waals surface area contributed by atoms with Crippen LogP contribution in [0.1, 0.15) is 5.56 Å². The second kappa shape index (κ2) is 6.05. The Labute approximate surface area is 157 Å². The lowest BCUT2D eigenvalue weighted by molar-refractivity contribution is -0.114. The summed E-state index contributed by atoms with van der Waals surface area (Å²) in [6.45, 7) is 0. The molecule has 0 unspecified atom stereocenters. The Morgan fingerprint density at radius 3 is 2.75 bits per heavy atom. The molecule has 4 rings (SSSR count). The predicted molar refractivity (Wildman–Crippen MR) is 95.2 cm³/mol. The lowest BCUT2D eigenvalue weighted by Crippen LogP contribution is -2.35. The summed E-state index contributed by atoms with van der Waals surface area (Å²) < 4.78 is 43.7. The molecule has 0 saturated heterocycles.